The van der Waals surface area contributed by atoms with E-state index in [-0.39, 0.29) is 11.8 Å². The summed E-state index contributed by atoms with van der Waals surface area (Å²) >= 11 is 6.00. The molecular formula is C20H23ClN2O4. The second kappa shape index (κ2) is 9.83. The molecule has 6 nitrogen and oxygen atoms in total. The van der Waals surface area contributed by atoms with Crippen molar-refractivity contribution in [2.24, 2.45) is 0 Å². The summed E-state index contributed by atoms with van der Waals surface area (Å²) in [5, 5.41) is 5.67. The minimum atomic E-state index is -0.388. The summed E-state index contributed by atoms with van der Waals surface area (Å²) < 4.78 is 11.0. The highest BCUT2D eigenvalue weighted by Crippen LogP contribution is 2.29. The van der Waals surface area contributed by atoms with Crippen LogP contribution < -0.4 is 20.1 Å². The van der Waals surface area contributed by atoms with Gasteiger partial charge in [0.15, 0.2) is 11.5 Å². The molecule has 7 heteroatoms. The number of halogens is 1. The van der Waals surface area contributed by atoms with E-state index in [4.69, 9.17) is 21.1 Å². The van der Waals surface area contributed by atoms with Crippen molar-refractivity contribution in [3.63, 3.8) is 0 Å². The summed E-state index contributed by atoms with van der Waals surface area (Å²) in [6, 6.07) is 9.61. The van der Waals surface area contributed by atoms with E-state index < -0.39 is 0 Å². The highest BCUT2D eigenvalue weighted by molar-refractivity contribution is 6.31. The maximum Gasteiger partial charge on any atom is 0.255 e. The zero-order valence-corrected chi connectivity index (χ0v) is 16.4. The summed E-state index contributed by atoms with van der Waals surface area (Å²) in [4.78, 5) is 24.6. The fourth-order valence-electron chi connectivity index (χ4n) is 2.40. The van der Waals surface area contributed by atoms with Crippen LogP contribution >= 0.6 is 11.6 Å². The van der Waals surface area contributed by atoms with E-state index in [1.54, 1.807) is 30.3 Å². The lowest BCUT2D eigenvalue weighted by atomic mass is 10.1. The Morgan fingerprint density at radius 3 is 2.52 bits per heavy atom. The Hall–Kier alpha value is -2.73. The molecule has 2 amide bonds. The van der Waals surface area contributed by atoms with Crippen LogP contribution in [0.1, 0.15) is 40.5 Å². The number of methoxy groups -OCH3 is 1. The number of benzene rings is 2. The first-order valence-electron chi connectivity index (χ1n) is 8.64. The predicted octanol–water partition coefficient (Wildman–Crippen LogP) is 4.14. The molecule has 0 saturated carbocycles. The molecule has 0 spiro atoms. The van der Waals surface area contributed by atoms with Crippen molar-refractivity contribution in [1.29, 1.82) is 0 Å². The number of hydrogen-bond acceptors (Lipinski definition) is 4. The summed E-state index contributed by atoms with van der Waals surface area (Å²) in [5.74, 6) is 0.340. The van der Waals surface area contributed by atoms with Gasteiger partial charge in [0.2, 0.25) is 0 Å². The van der Waals surface area contributed by atoms with Gasteiger partial charge in [-0.2, -0.15) is 0 Å². The van der Waals surface area contributed by atoms with Gasteiger partial charge in [0, 0.05) is 17.6 Å². The van der Waals surface area contributed by atoms with Crippen molar-refractivity contribution >= 4 is 29.1 Å². The van der Waals surface area contributed by atoms with Crippen LogP contribution in [0.25, 0.3) is 0 Å². The van der Waals surface area contributed by atoms with E-state index in [1.807, 2.05) is 0 Å². The molecule has 0 aliphatic heterocycles. The number of hydrogen-bond donors (Lipinski definition) is 2. The van der Waals surface area contributed by atoms with E-state index >= 15 is 0 Å². The smallest absolute Gasteiger partial charge is 0.255 e. The number of ether oxygens (including phenoxy) is 2. The summed E-state index contributed by atoms with van der Waals surface area (Å²) in [7, 11) is 3.04. The Morgan fingerprint density at radius 2 is 1.85 bits per heavy atom. The minimum absolute atomic E-state index is 0.320. The molecule has 2 aromatic carbocycles. The molecule has 0 aromatic heterocycles. The van der Waals surface area contributed by atoms with E-state index in [9.17, 15) is 9.59 Å². The zero-order chi connectivity index (χ0) is 19.8. The molecule has 2 aromatic rings. The number of rotatable bonds is 8. The lowest BCUT2D eigenvalue weighted by Crippen LogP contribution is -2.21. The fraction of sp³-hybridized carbons (Fsp3) is 0.300. The first-order valence-corrected chi connectivity index (χ1v) is 9.01. The Morgan fingerprint density at radius 1 is 1.07 bits per heavy atom. The number of anilines is 1. The van der Waals surface area contributed by atoms with Crippen LogP contribution in [0.3, 0.4) is 0 Å². The Bertz CT molecular complexity index is 824. The predicted molar refractivity (Wildman–Crippen MR) is 106 cm³/mol. The molecule has 2 N–H and O–H groups in total. The molecule has 0 atom stereocenters. The standard InChI is InChI=1S/C20H23ClN2O4/c1-4-5-10-27-17-9-6-13(11-18(17)26-3)19(24)23-16-12-14(21)7-8-15(16)20(25)22-2/h6-9,11-12H,4-5,10H2,1-3H3,(H,22,25)(H,23,24). The first kappa shape index (κ1) is 20.6. The van der Waals surface area contributed by atoms with Gasteiger partial charge < -0.3 is 20.1 Å². The topological polar surface area (TPSA) is 76.7 Å². The molecule has 0 saturated heterocycles. The van der Waals surface area contributed by atoms with Crippen molar-refractivity contribution in [1.82, 2.24) is 5.32 Å². The van der Waals surface area contributed by atoms with Gasteiger partial charge in [-0.15, -0.1) is 0 Å². The van der Waals surface area contributed by atoms with Crippen molar-refractivity contribution < 1.29 is 19.1 Å². The van der Waals surface area contributed by atoms with Crippen molar-refractivity contribution in [3.8, 4) is 11.5 Å². The third-order valence-corrected chi connectivity index (χ3v) is 4.12. The molecule has 0 aliphatic rings. The largest absolute Gasteiger partial charge is 0.493 e. The average molecular weight is 391 g/mol. The van der Waals surface area contributed by atoms with E-state index in [0.29, 0.717) is 39.9 Å². The lowest BCUT2D eigenvalue weighted by Gasteiger charge is -2.13. The van der Waals surface area contributed by atoms with Gasteiger partial charge in [-0.3, -0.25) is 9.59 Å². The Balaban J connectivity index is 2.23. The molecular weight excluding hydrogens is 368 g/mol. The molecule has 27 heavy (non-hydrogen) atoms. The van der Waals surface area contributed by atoms with Gasteiger partial charge in [0.25, 0.3) is 11.8 Å². The number of nitrogens with one attached hydrogen (secondary N) is 2. The lowest BCUT2D eigenvalue weighted by molar-refractivity contribution is 0.0964. The molecule has 0 radical (unpaired) electrons. The molecule has 0 bridgehead atoms. The van der Waals surface area contributed by atoms with Gasteiger partial charge >= 0.3 is 0 Å². The normalized spacial score (nSPS) is 10.2. The Kier molecular flexibility index (Phi) is 7.49. The quantitative estimate of drug-likeness (QED) is 0.664. The number of carbonyl (C=O) groups excluding carboxylic acids is 2. The average Bonchev–Trinajstić information content (AvgIpc) is 2.67. The van der Waals surface area contributed by atoms with Crippen LogP contribution in [0.4, 0.5) is 5.69 Å². The van der Waals surface area contributed by atoms with Crippen LogP contribution in [-0.4, -0.2) is 32.6 Å². The van der Waals surface area contributed by atoms with Crippen molar-refractivity contribution in [3.05, 3.63) is 52.5 Å². The van der Waals surface area contributed by atoms with Gasteiger partial charge in [0.1, 0.15) is 0 Å². The maximum atomic E-state index is 12.6. The van der Waals surface area contributed by atoms with Crippen LogP contribution in [0.2, 0.25) is 5.02 Å². The Labute approximate surface area is 163 Å². The third-order valence-electron chi connectivity index (χ3n) is 3.88. The zero-order valence-electron chi connectivity index (χ0n) is 15.6. The summed E-state index contributed by atoms with van der Waals surface area (Å²) in [5.41, 5.74) is 1.02. The minimum Gasteiger partial charge on any atom is -0.493 e. The monoisotopic (exact) mass is 390 g/mol. The van der Waals surface area contributed by atoms with Gasteiger partial charge in [-0.1, -0.05) is 24.9 Å². The van der Waals surface area contributed by atoms with Crippen LogP contribution in [0.15, 0.2) is 36.4 Å². The second-order valence-corrected chi connectivity index (χ2v) is 6.23. The molecule has 144 valence electrons. The third kappa shape index (κ3) is 5.37. The number of amides is 2. The highest BCUT2D eigenvalue weighted by atomic mass is 35.5. The molecule has 0 aliphatic carbocycles. The number of carbonyl (C=O) groups is 2. The van der Waals surface area contributed by atoms with Gasteiger partial charge in [-0.25, -0.2) is 0 Å². The molecule has 0 unspecified atom stereocenters. The van der Waals surface area contributed by atoms with Gasteiger partial charge in [-0.05, 0) is 42.8 Å². The van der Waals surface area contributed by atoms with E-state index in [2.05, 4.69) is 17.6 Å². The van der Waals surface area contributed by atoms with E-state index in [0.717, 1.165) is 12.8 Å². The summed E-state index contributed by atoms with van der Waals surface area (Å²) in [6.07, 6.45) is 1.96. The first-order chi connectivity index (χ1) is 13.0. The SMILES string of the molecule is CCCCOc1ccc(C(=O)Nc2cc(Cl)ccc2C(=O)NC)cc1OC. The summed E-state index contributed by atoms with van der Waals surface area (Å²) in [6.45, 7) is 2.66. The van der Waals surface area contributed by atoms with Gasteiger partial charge in [0.05, 0.1) is 25.0 Å². The molecule has 0 heterocycles. The van der Waals surface area contributed by atoms with Crippen LogP contribution in [0, 0.1) is 0 Å². The highest BCUT2D eigenvalue weighted by Gasteiger charge is 2.16. The van der Waals surface area contributed by atoms with Crippen molar-refractivity contribution in [2.75, 3.05) is 26.1 Å². The van der Waals surface area contributed by atoms with Crippen LogP contribution in [-0.2, 0) is 0 Å². The fourth-order valence-corrected chi connectivity index (χ4v) is 2.57. The van der Waals surface area contributed by atoms with Crippen LogP contribution in [0.5, 0.6) is 11.5 Å². The van der Waals surface area contributed by atoms with Crippen molar-refractivity contribution in [2.45, 2.75) is 19.8 Å². The maximum absolute atomic E-state index is 12.6. The second-order valence-electron chi connectivity index (χ2n) is 5.79. The molecule has 2 rings (SSSR count). The number of unbranched alkanes of at least 4 members (excludes halogenated alkanes) is 1. The molecule has 0 fully saturated rings. The van der Waals surface area contributed by atoms with E-state index in [1.165, 1.54) is 20.2 Å².